The lowest BCUT2D eigenvalue weighted by Crippen LogP contribution is -2.25. The van der Waals surface area contributed by atoms with E-state index < -0.39 is 0 Å². The van der Waals surface area contributed by atoms with Crippen molar-refractivity contribution in [2.45, 2.75) is 25.4 Å². The first-order valence-electron chi connectivity index (χ1n) is 5.70. The summed E-state index contributed by atoms with van der Waals surface area (Å²) in [6, 6.07) is 3.85. The summed E-state index contributed by atoms with van der Waals surface area (Å²) in [6.07, 6.45) is 6.46. The molecule has 88 valence electrons. The van der Waals surface area contributed by atoms with Crippen LogP contribution < -0.4 is 5.73 Å². The maximum absolute atomic E-state index is 6.17. The number of aromatic nitrogens is 3. The van der Waals surface area contributed by atoms with E-state index in [0.717, 1.165) is 36.3 Å². The van der Waals surface area contributed by atoms with E-state index in [-0.39, 0.29) is 6.17 Å². The molecule has 1 aliphatic rings. The molecule has 5 heteroatoms. The zero-order valence-electron chi connectivity index (χ0n) is 9.31. The van der Waals surface area contributed by atoms with Gasteiger partial charge in [-0.3, -0.25) is 4.98 Å². The maximum atomic E-state index is 6.17. The minimum atomic E-state index is -0.0260. The molecule has 3 heterocycles. The van der Waals surface area contributed by atoms with Crippen molar-refractivity contribution in [2.75, 3.05) is 0 Å². The van der Waals surface area contributed by atoms with Gasteiger partial charge < -0.3 is 10.3 Å². The zero-order valence-corrected chi connectivity index (χ0v) is 10.1. The van der Waals surface area contributed by atoms with Crippen LogP contribution in [0.2, 0.25) is 5.15 Å². The van der Waals surface area contributed by atoms with Crippen LogP contribution in [0.3, 0.4) is 0 Å². The van der Waals surface area contributed by atoms with Crippen LogP contribution in [-0.2, 0) is 6.42 Å². The first kappa shape index (κ1) is 10.7. The standard InChI is InChI=1S/C12H13ClN4/c13-11-9-2-1-3-10(14)17(9)12(16-11)8-4-6-15-7-5-8/h4-7,10H,1-3,14H2. The highest BCUT2D eigenvalue weighted by Crippen LogP contribution is 2.32. The average Bonchev–Trinajstić information content (AvgIpc) is 2.70. The summed E-state index contributed by atoms with van der Waals surface area (Å²) in [5.74, 6) is 0.847. The van der Waals surface area contributed by atoms with E-state index in [1.54, 1.807) is 12.4 Å². The number of halogens is 1. The van der Waals surface area contributed by atoms with Gasteiger partial charge in [0.15, 0.2) is 5.15 Å². The summed E-state index contributed by atoms with van der Waals surface area (Å²) in [5, 5.41) is 0.576. The van der Waals surface area contributed by atoms with E-state index >= 15 is 0 Å². The Bertz CT molecular complexity index is 535. The molecule has 1 atom stereocenters. The van der Waals surface area contributed by atoms with Crippen LogP contribution in [-0.4, -0.2) is 14.5 Å². The molecule has 0 aliphatic carbocycles. The van der Waals surface area contributed by atoms with Gasteiger partial charge in [-0.2, -0.15) is 0 Å². The molecule has 0 fully saturated rings. The number of nitrogens with two attached hydrogens (primary N) is 1. The fourth-order valence-electron chi connectivity index (χ4n) is 2.33. The van der Waals surface area contributed by atoms with Crippen LogP contribution in [0.15, 0.2) is 24.5 Å². The molecule has 2 aromatic heterocycles. The molecule has 4 nitrogen and oxygen atoms in total. The monoisotopic (exact) mass is 248 g/mol. The first-order chi connectivity index (χ1) is 8.27. The van der Waals surface area contributed by atoms with Crippen molar-refractivity contribution in [3.8, 4) is 11.4 Å². The summed E-state index contributed by atoms with van der Waals surface area (Å²) in [6.45, 7) is 0. The second-order valence-electron chi connectivity index (χ2n) is 4.24. The van der Waals surface area contributed by atoms with Gasteiger partial charge in [0.1, 0.15) is 5.82 Å². The van der Waals surface area contributed by atoms with Gasteiger partial charge in [-0.05, 0) is 31.4 Å². The molecule has 1 unspecified atom stereocenters. The third kappa shape index (κ3) is 1.73. The number of imidazole rings is 1. The molecular formula is C12H13ClN4. The van der Waals surface area contributed by atoms with Gasteiger partial charge in [0.05, 0.1) is 11.9 Å². The molecular weight excluding hydrogens is 236 g/mol. The van der Waals surface area contributed by atoms with Crippen molar-refractivity contribution in [2.24, 2.45) is 5.73 Å². The van der Waals surface area contributed by atoms with Crippen molar-refractivity contribution < 1.29 is 0 Å². The smallest absolute Gasteiger partial charge is 0.151 e. The third-order valence-electron chi connectivity index (χ3n) is 3.14. The first-order valence-corrected chi connectivity index (χ1v) is 6.08. The molecule has 0 amide bonds. The quantitative estimate of drug-likeness (QED) is 0.843. The summed E-state index contributed by atoms with van der Waals surface area (Å²) >= 11 is 6.17. The molecule has 0 aromatic carbocycles. The van der Waals surface area contributed by atoms with Gasteiger partial charge in [0, 0.05) is 18.0 Å². The van der Waals surface area contributed by atoms with Gasteiger partial charge in [0.2, 0.25) is 0 Å². The SMILES string of the molecule is NC1CCCc2c(Cl)nc(-c3ccncc3)n21. The van der Waals surface area contributed by atoms with Gasteiger partial charge >= 0.3 is 0 Å². The molecule has 0 radical (unpaired) electrons. The molecule has 2 N–H and O–H groups in total. The predicted molar refractivity (Wildman–Crippen MR) is 66.6 cm³/mol. The van der Waals surface area contributed by atoms with Crippen molar-refractivity contribution in [3.05, 3.63) is 35.4 Å². The maximum Gasteiger partial charge on any atom is 0.151 e. The minimum absolute atomic E-state index is 0.0260. The van der Waals surface area contributed by atoms with Gasteiger partial charge in [0.25, 0.3) is 0 Å². The van der Waals surface area contributed by atoms with Crippen molar-refractivity contribution in [1.82, 2.24) is 14.5 Å². The van der Waals surface area contributed by atoms with Gasteiger partial charge in [-0.25, -0.2) is 4.98 Å². The fraction of sp³-hybridized carbons (Fsp3) is 0.333. The fourth-order valence-corrected chi connectivity index (χ4v) is 2.60. The number of hydrogen-bond acceptors (Lipinski definition) is 3. The van der Waals surface area contributed by atoms with E-state index in [4.69, 9.17) is 17.3 Å². The normalized spacial score (nSPS) is 19.1. The highest BCUT2D eigenvalue weighted by molar-refractivity contribution is 6.30. The van der Waals surface area contributed by atoms with Crippen LogP contribution in [0, 0.1) is 0 Å². The summed E-state index contributed by atoms with van der Waals surface area (Å²) < 4.78 is 2.06. The Kier molecular flexibility index (Phi) is 2.61. The molecule has 17 heavy (non-hydrogen) atoms. The highest BCUT2D eigenvalue weighted by atomic mass is 35.5. The number of fused-ring (bicyclic) bond motifs is 1. The molecule has 0 saturated carbocycles. The number of nitrogens with zero attached hydrogens (tertiary/aromatic N) is 3. The van der Waals surface area contributed by atoms with E-state index in [9.17, 15) is 0 Å². The van der Waals surface area contributed by atoms with Crippen molar-refractivity contribution >= 4 is 11.6 Å². The van der Waals surface area contributed by atoms with Crippen LogP contribution in [0.25, 0.3) is 11.4 Å². The lowest BCUT2D eigenvalue weighted by Gasteiger charge is -2.23. The Hall–Kier alpha value is -1.39. The molecule has 0 bridgehead atoms. The Balaban J connectivity index is 2.18. The van der Waals surface area contributed by atoms with Crippen molar-refractivity contribution in [1.29, 1.82) is 0 Å². The van der Waals surface area contributed by atoms with E-state index in [2.05, 4.69) is 14.5 Å². The third-order valence-corrected chi connectivity index (χ3v) is 3.45. The lowest BCUT2D eigenvalue weighted by molar-refractivity contribution is 0.418. The summed E-state index contributed by atoms with van der Waals surface area (Å²) in [5.41, 5.74) is 8.20. The topological polar surface area (TPSA) is 56.7 Å². The molecule has 0 saturated heterocycles. The molecule has 0 spiro atoms. The molecule has 2 aromatic rings. The van der Waals surface area contributed by atoms with Gasteiger partial charge in [-0.15, -0.1) is 0 Å². The number of hydrogen-bond donors (Lipinski definition) is 1. The van der Waals surface area contributed by atoms with Crippen LogP contribution in [0.1, 0.15) is 24.7 Å². The predicted octanol–water partition coefficient (Wildman–Crippen LogP) is 2.39. The second-order valence-corrected chi connectivity index (χ2v) is 4.60. The number of pyridine rings is 1. The Morgan fingerprint density at radius 2 is 2.12 bits per heavy atom. The second kappa shape index (κ2) is 4.13. The Labute approximate surface area is 104 Å². The minimum Gasteiger partial charge on any atom is -0.311 e. The van der Waals surface area contributed by atoms with Crippen LogP contribution >= 0.6 is 11.6 Å². The summed E-state index contributed by atoms with van der Waals surface area (Å²) in [7, 11) is 0. The van der Waals surface area contributed by atoms with E-state index in [0.29, 0.717) is 5.15 Å². The van der Waals surface area contributed by atoms with Gasteiger partial charge in [-0.1, -0.05) is 11.6 Å². The Morgan fingerprint density at radius 1 is 1.35 bits per heavy atom. The molecule has 3 rings (SSSR count). The largest absolute Gasteiger partial charge is 0.311 e. The van der Waals surface area contributed by atoms with Crippen LogP contribution in [0.4, 0.5) is 0 Å². The average molecular weight is 249 g/mol. The zero-order chi connectivity index (χ0) is 11.8. The van der Waals surface area contributed by atoms with E-state index in [1.807, 2.05) is 12.1 Å². The lowest BCUT2D eigenvalue weighted by atomic mass is 10.1. The summed E-state index contributed by atoms with van der Waals surface area (Å²) in [4.78, 5) is 8.44. The molecule has 1 aliphatic heterocycles. The van der Waals surface area contributed by atoms with E-state index in [1.165, 1.54) is 0 Å². The Morgan fingerprint density at radius 3 is 2.88 bits per heavy atom. The highest BCUT2D eigenvalue weighted by Gasteiger charge is 2.24. The van der Waals surface area contributed by atoms with Crippen molar-refractivity contribution in [3.63, 3.8) is 0 Å². The number of rotatable bonds is 1. The van der Waals surface area contributed by atoms with Crippen LogP contribution in [0.5, 0.6) is 0 Å².